The second kappa shape index (κ2) is 11.2. The molecule has 1 N–H and O–H groups in total. The summed E-state index contributed by atoms with van der Waals surface area (Å²) < 4.78 is 24.3. The average molecular weight is 476 g/mol. The number of nitrogens with zero attached hydrogens (tertiary/aromatic N) is 2. The van der Waals surface area contributed by atoms with Gasteiger partial charge in [0.2, 0.25) is 5.91 Å². The van der Waals surface area contributed by atoms with Gasteiger partial charge in [-0.2, -0.15) is 0 Å². The Morgan fingerprint density at radius 1 is 0.909 bits per heavy atom. The number of anilines is 1. The summed E-state index contributed by atoms with van der Waals surface area (Å²) in [5, 5.41) is 3.42. The second-order valence-electron chi connectivity index (χ2n) is 10.4. The van der Waals surface area contributed by atoms with Crippen molar-refractivity contribution >= 4 is 21.4 Å². The minimum absolute atomic E-state index is 0.0411. The van der Waals surface area contributed by atoms with Gasteiger partial charge in [-0.25, -0.2) is 8.42 Å². The molecule has 3 aliphatic rings. The third kappa shape index (κ3) is 6.50. The summed E-state index contributed by atoms with van der Waals surface area (Å²) in [6, 6.07) is 8.93. The van der Waals surface area contributed by atoms with Crippen LogP contribution in [0.1, 0.15) is 76.2 Å². The molecule has 2 aliphatic carbocycles. The first-order valence-electron chi connectivity index (χ1n) is 13.0. The van der Waals surface area contributed by atoms with Crippen LogP contribution in [-0.4, -0.2) is 67.3 Å². The van der Waals surface area contributed by atoms with E-state index in [1.807, 2.05) is 11.0 Å². The lowest BCUT2D eigenvalue weighted by Crippen LogP contribution is -2.50. The molecule has 7 heteroatoms. The molecule has 1 aromatic rings. The van der Waals surface area contributed by atoms with Crippen LogP contribution in [0.2, 0.25) is 0 Å². The molecule has 1 amide bonds. The van der Waals surface area contributed by atoms with Crippen molar-refractivity contribution < 1.29 is 13.2 Å². The highest BCUT2D eigenvalue weighted by atomic mass is 32.2. The number of para-hydroxylation sites is 1. The normalized spacial score (nSPS) is 24.1. The molecular weight excluding hydrogens is 434 g/mol. The van der Waals surface area contributed by atoms with Gasteiger partial charge in [0, 0.05) is 30.4 Å². The molecule has 1 saturated heterocycles. The second-order valence-corrected chi connectivity index (χ2v) is 12.6. The first-order chi connectivity index (χ1) is 15.9. The summed E-state index contributed by atoms with van der Waals surface area (Å²) in [6.45, 7) is 1.09. The lowest BCUT2D eigenvalue weighted by Gasteiger charge is -2.38. The molecule has 184 valence electrons. The maximum Gasteiger partial charge on any atom is 0.242 e. The van der Waals surface area contributed by atoms with E-state index in [2.05, 4.69) is 35.5 Å². The van der Waals surface area contributed by atoms with Gasteiger partial charge in [0.25, 0.3) is 0 Å². The Labute approximate surface area is 200 Å². The average Bonchev–Trinajstić information content (AvgIpc) is 3.19. The lowest BCUT2D eigenvalue weighted by molar-refractivity contribution is -0.134. The Hall–Kier alpha value is -1.60. The van der Waals surface area contributed by atoms with E-state index in [1.54, 1.807) is 0 Å². The Kier molecular flexibility index (Phi) is 8.34. The highest BCUT2D eigenvalue weighted by molar-refractivity contribution is 7.91. The third-order valence-electron chi connectivity index (χ3n) is 7.92. The highest BCUT2D eigenvalue weighted by Crippen LogP contribution is 2.29. The molecule has 0 radical (unpaired) electrons. The molecule has 0 unspecified atom stereocenters. The van der Waals surface area contributed by atoms with Gasteiger partial charge in [-0.05, 0) is 50.8 Å². The zero-order valence-corrected chi connectivity index (χ0v) is 21.0. The Balaban J connectivity index is 1.42. The predicted molar refractivity (Wildman–Crippen MR) is 134 cm³/mol. The summed E-state index contributed by atoms with van der Waals surface area (Å²) in [5.41, 5.74) is 2.22. The minimum atomic E-state index is -3.03. The molecular formula is C26H41N3O3S. The van der Waals surface area contributed by atoms with Crippen LogP contribution < -0.4 is 5.32 Å². The van der Waals surface area contributed by atoms with E-state index in [0.29, 0.717) is 12.5 Å². The Bertz CT molecular complexity index is 892. The van der Waals surface area contributed by atoms with Gasteiger partial charge >= 0.3 is 0 Å². The molecule has 33 heavy (non-hydrogen) atoms. The topological polar surface area (TPSA) is 69.7 Å². The molecule has 3 fully saturated rings. The SMILES string of the molecule is CN(Cc1ccccc1NCC(=O)N(C1CCCCC1)[C@H]1CCS(=O)(=O)C1)C1CCCCC1. The number of benzene rings is 1. The van der Waals surface area contributed by atoms with Crippen molar-refractivity contribution in [1.82, 2.24) is 9.80 Å². The van der Waals surface area contributed by atoms with E-state index in [-0.39, 0.29) is 36.0 Å². The zero-order valence-electron chi connectivity index (χ0n) is 20.2. The quantitative estimate of drug-likeness (QED) is 0.610. The summed E-state index contributed by atoms with van der Waals surface area (Å²) >= 11 is 0. The number of carbonyl (C=O) groups excluding carboxylic acids is 1. The van der Waals surface area contributed by atoms with Crippen LogP contribution in [0.4, 0.5) is 5.69 Å². The van der Waals surface area contributed by atoms with Crippen molar-refractivity contribution in [2.45, 2.75) is 95.3 Å². The molecule has 6 nitrogen and oxygen atoms in total. The first kappa shape index (κ1) is 24.5. The van der Waals surface area contributed by atoms with Gasteiger partial charge in [-0.15, -0.1) is 0 Å². The maximum absolute atomic E-state index is 13.5. The van der Waals surface area contributed by atoms with Crippen LogP contribution in [0.15, 0.2) is 24.3 Å². The van der Waals surface area contributed by atoms with E-state index in [1.165, 1.54) is 44.1 Å². The molecule has 0 bridgehead atoms. The van der Waals surface area contributed by atoms with Crippen LogP contribution in [-0.2, 0) is 21.2 Å². The number of amides is 1. The number of hydrogen-bond acceptors (Lipinski definition) is 5. The van der Waals surface area contributed by atoms with Gasteiger partial charge < -0.3 is 10.2 Å². The van der Waals surface area contributed by atoms with Crippen LogP contribution in [0.3, 0.4) is 0 Å². The Morgan fingerprint density at radius 3 is 2.18 bits per heavy atom. The van der Waals surface area contributed by atoms with Crippen molar-refractivity contribution in [3.8, 4) is 0 Å². The number of sulfone groups is 1. The molecule has 1 heterocycles. The van der Waals surface area contributed by atoms with E-state index in [0.717, 1.165) is 37.9 Å². The van der Waals surface area contributed by atoms with E-state index < -0.39 is 9.84 Å². The van der Waals surface area contributed by atoms with Gasteiger partial charge in [0.05, 0.1) is 18.1 Å². The summed E-state index contributed by atoms with van der Waals surface area (Å²) in [5.74, 6) is 0.370. The van der Waals surface area contributed by atoms with Crippen molar-refractivity contribution in [2.24, 2.45) is 0 Å². The molecule has 1 aromatic carbocycles. The maximum atomic E-state index is 13.5. The molecule has 0 spiro atoms. The summed E-state index contributed by atoms with van der Waals surface area (Å²) in [4.78, 5) is 17.9. The van der Waals surface area contributed by atoms with Gasteiger partial charge in [0.15, 0.2) is 9.84 Å². The smallest absolute Gasteiger partial charge is 0.242 e. The molecule has 1 atom stereocenters. The fraction of sp³-hybridized carbons (Fsp3) is 0.731. The van der Waals surface area contributed by atoms with Gasteiger partial charge in [-0.3, -0.25) is 9.69 Å². The number of hydrogen-bond donors (Lipinski definition) is 1. The summed E-state index contributed by atoms with van der Waals surface area (Å²) in [6.07, 6.45) is 12.5. The van der Waals surface area contributed by atoms with Gasteiger partial charge in [0.1, 0.15) is 0 Å². The van der Waals surface area contributed by atoms with Crippen LogP contribution in [0.25, 0.3) is 0 Å². The van der Waals surface area contributed by atoms with E-state index >= 15 is 0 Å². The molecule has 0 aromatic heterocycles. The monoisotopic (exact) mass is 475 g/mol. The van der Waals surface area contributed by atoms with E-state index in [4.69, 9.17) is 0 Å². The van der Waals surface area contributed by atoms with Crippen molar-refractivity contribution in [2.75, 3.05) is 30.4 Å². The number of nitrogens with one attached hydrogen (secondary N) is 1. The Morgan fingerprint density at radius 2 is 1.55 bits per heavy atom. The third-order valence-corrected chi connectivity index (χ3v) is 9.67. The largest absolute Gasteiger partial charge is 0.376 e. The molecule has 1 aliphatic heterocycles. The van der Waals surface area contributed by atoms with Crippen molar-refractivity contribution in [3.05, 3.63) is 29.8 Å². The summed E-state index contributed by atoms with van der Waals surface area (Å²) in [7, 11) is -0.819. The fourth-order valence-corrected chi connectivity index (χ4v) is 7.78. The van der Waals surface area contributed by atoms with Gasteiger partial charge in [-0.1, -0.05) is 56.7 Å². The van der Waals surface area contributed by atoms with E-state index in [9.17, 15) is 13.2 Å². The number of rotatable bonds is 8. The van der Waals surface area contributed by atoms with Crippen molar-refractivity contribution in [3.63, 3.8) is 0 Å². The first-order valence-corrected chi connectivity index (χ1v) is 14.8. The standard InChI is InChI=1S/C26H41N3O3S/c1-28(22-11-4-2-5-12-22)19-21-10-8-9-15-25(21)27-18-26(30)29(23-13-6-3-7-14-23)24-16-17-33(31,32)20-24/h8-10,15,22-24,27H,2-7,11-14,16-20H2,1H3/t24-/m0/s1. The lowest BCUT2D eigenvalue weighted by atomic mass is 9.93. The highest BCUT2D eigenvalue weighted by Gasteiger charge is 2.38. The number of carbonyl (C=O) groups is 1. The van der Waals surface area contributed by atoms with Crippen LogP contribution in [0, 0.1) is 0 Å². The zero-order chi connectivity index (χ0) is 23.3. The van der Waals surface area contributed by atoms with Crippen LogP contribution in [0.5, 0.6) is 0 Å². The van der Waals surface area contributed by atoms with Crippen molar-refractivity contribution in [1.29, 1.82) is 0 Å². The molecule has 2 saturated carbocycles. The minimum Gasteiger partial charge on any atom is -0.376 e. The fourth-order valence-electron chi connectivity index (χ4n) is 6.07. The molecule has 4 rings (SSSR count). The van der Waals surface area contributed by atoms with Crippen LogP contribution >= 0.6 is 0 Å². The predicted octanol–water partition coefficient (Wildman–Crippen LogP) is 4.21.